The summed E-state index contributed by atoms with van der Waals surface area (Å²) in [5.41, 5.74) is 0. The van der Waals surface area contributed by atoms with Gasteiger partial charge < -0.3 is 4.42 Å². The molecule has 12 heavy (non-hydrogen) atoms. The number of hydrogen-bond donors (Lipinski definition) is 0. The van der Waals surface area contributed by atoms with Gasteiger partial charge in [-0.1, -0.05) is 12.2 Å². The van der Waals surface area contributed by atoms with Crippen molar-refractivity contribution in [1.82, 2.24) is 0 Å². The lowest BCUT2D eigenvalue weighted by molar-refractivity contribution is 0.449. The summed E-state index contributed by atoms with van der Waals surface area (Å²) in [6.45, 7) is 2.00. The van der Waals surface area contributed by atoms with Gasteiger partial charge in [-0.25, -0.2) is 0 Å². The molecule has 0 radical (unpaired) electrons. The van der Waals surface area contributed by atoms with Crippen molar-refractivity contribution in [2.45, 2.75) is 32.1 Å². The van der Waals surface area contributed by atoms with Gasteiger partial charge in [-0.15, -0.1) is 0 Å². The minimum absolute atomic E-state index is 0.535. The van der Waals surface area contributed by atoms with Gasteiger partial charge in [0.25, 0.3) is 0 Å². The van der Waals surface area contributed by atoms with Gasteiger partial charge in [0.2, 0.25) is 0 Å². The number of rotatable bonds is 1. The highest BCUT2D eigenvalue weighted by Crippen LogP contribution is 2.28. The van der Waals surface area contributed by atoms with Crippen LogP contribution < -0.4 is 0 Å². The molecule has 1 nitrogen and oxygen atoms in total. The summed E-state index contributed by atoms with van der Waals surface area (Å²) in [5, 5.41) is 0. The van der Waals surface area contributed by atoms with Gasteiger partial charge in [0.1, 0.15) is 11.5 Å². The fourth-order valence-electron chi connectivity index (χ4n) is 1.70. The second kappa shape index (κ2) is 3.18. The molecule has 64 valence electrons. The third kappa shape index (κ3) is 1.45. The molecule has 0 bridgehead atoms. The zero-order valence-electron chi connectivity index (χ0n) is 7.42. The molecule has 0 aromatic carbocycles. The molecule has 0 unspecified atom stereocenters. The molecule has 2 rings (SSSR count). The van der Waals surface area contributed by atoms with Crippen molar-refractivity contribution < 1.29 is 4.42 Å². The van der Waals surface area contributed by atoms with E-state index in [2.05, 4.69) is 18.2 Å². The van der Waals surface area contributed by atoms with Crippen LogP contribution >= 0.6 is 0 Å². The number of aryl methyl sites for hydroxylation is 1. The maximum absolute atomic E-state index is 5.57. The lowest BCUT2D eigenvalue weighted by atomic mass is 9.94. The summed E-state index contributed by atoms with van der Waals surface area (Å²) in [5.74, 6) is 2.68. The number of furan rings is 1. The molecular weight excluding hydrogens is 148 g/mol. The Morgan fingerprint density at radius 2 is 2.33 bits per heavy atom. The Kier molecular flexibility index (Phi) is 2.03. The third-order valence-electron chi connectivity index (χ3n) is 2.38. The fourth-order valence-corrected chi connectivity index (χ4v) is 1.70. The van der Waals surface area contributed by atoms with Crippen LogP contribution in [0.15, 0.2) is 28.7 Å². The molecular formula is C11H14O. The monoisotopic (exact) mass is 162 g/mol. The maximum Gasteiger partial charge on any atom is 0.111 e. The Labute approximate surface area is 73.1 Å². The van der Waals surface area contributed by atoms with Gasteiger partial charge >= 0.3 is 0 Å². The van der Waals surface area contributed by atoms with Crippen molar-refractivity contribution in [1.29, 1.82) is 0 Å². The van der Waals surface area contributed by atoms with Crippen LogP contribution in [0.4, 0.5) is 0 Å². The summed E-state index contributed by atoms with van der Waals surface area (Å²) >= 11 is 0. The van der Waals surface area contributed by atoms with Crippen LogP contribution in [-0.4, -0.2) is 0 Å². The molecule has 1 heteroatoms. The SMILES string of the molecule is Cc1ccc([C@@H]2C=CCCC2)o1. The quantitative estimate of drug-likeness (QED) is 0.577. The van der Waals surface area contributed by atoms with Crippen LogP contribution in [0.5, 0.6) is 0 Å². The molecule has 0 saturated carbocycles. The average molecular weight is 162 g/mol. The van der Waals surface area contributed by atoms with Crippen LogP contribution in [0.25, 0.3) is 0 Å². The Hall–Kier alpha value is -0.980. The summed E-state index contributed by atoms with van der Waals surface area (Å²) in [4.78, 5) is 0. The zero-order valence-corrected chi connectivity index (χ0v) is 7.42. The molecule has 1 aliphatic carbocycles. The molecule has 1 aliphatic rings. The van der Waals surface area contributed by atoms with E-state index in [9.17, 15) is 0 Å². The molecule has 0 saturated heterocycles. The molecule has 1 heterocycles. The maximum atomic E-state index is 5.57. The van der Waals surface area contributed by atoms with E-state index in [1.807, 2.05) is 13.0 Å². The first-order chi connectivity index (χ1) is 5.86. The van der Waals surface area contributed by atoms with Gasteiger partial charge in [0, 0.05) is 5.92 Å². The zero-order chi connectivity index (χ0) is 8.39. The minimum Gasteiger partial charge on any atom is -0.466 e. The standard InChI is InChI=1S/C11H14O/c1-9-7-8-11(12-9)10-5-3-2-4-6-10/h3,5,7-8,10H,2,4,6H2,1H3/t10-/m1/s1. The summed E-state index contributed by atoms with van der Waals surface area (Å²) < 4.78 is 5.57. The van der Waals surface area contributed by atoms with Crippen molar-refractivity contribution in [2.24, 2.45) is 0 Å². The van der Waals surface area contributed by atoms with Gasteiger partial charge in [-0.05, 0) is 38.3 Å². The van der Waals surface area contributed by atoms with E-state index in [0.29, 0.717) is 5.92 Å². The predicted octanol–water partition coefficient (Wildman–Crippen LogP) is 3.41. The molecule has 1 atom stereocenters. The van der Waals surface area contributed by atoms with Crippen LogP contribution in [0.3, 0.4) is 0 Å². The minimum atomic E-state index is 0.535. The van der Waals surface area contributed by atoms with Crippen LogP contribution in [-0.2, 0) is 0 Å². The largest absolute Gasteiger partial charge is 0.466 e. The summed E-state index contributed by atoms with van der Waals surface area (Å²) in [7, 11) is 0. The fraction of sp³-hybridized carbons (Fsp3) is 0.455. The van der Waals surface area contributed by atoms with Gasteiger partial charge in [-0.2, -0.15) is 0 Å². The Balaban J connectivity index is 2.18. The Morgan fingerprint density at radius 3 is 2.92 bits per heavy atom. The molecule has 0 N–H and O–H groups in total. The topological polar surface area (TPSA) is 13.1 Å². The summed E-state index contributed by atoms with van der Waals surface area (Å²) in [6.07, 6.45) is 8.29. The lowest BCUT2D eigenvalue weighted by Crippen LogP contribution is -1.97. The third-order valence-corrected chi connectivity index (χ3v) is 2.38. The smallest absolute Gasteiger partial charge is 0.111 e. The Bertz CT molecular complexity index is 283. The number of allylic oxidation sites excluding steroid dienone is 2. The van der Waals surface area contributed by atoms with Crippen molar-refractivity contribution in [3.8, 4) is 0 Å². The van der Waals surface area contributed by atoms with Crippen LogP contribution in [0.2, 0.25) is 0 Å². The molecule has 0 amide bonds. The molecule has 1 aromatic rings. The van der Waals surface area contributed by atoms with Crippen molar-refractivity contribution in [3.05, 3.63) is 35.8 Å². The van der Waals surface area contributed by atoms with Gasteiger partial charge in [-0.3, -0.25) is 0 Å². The highest BCUT2D eigenvalue weighted by molar-refractivity contribution is 5.17. The predicted molar refractivity (Wildman–Crippen MR) is 49.2 cm³/mol. The first kappa shape index (κ1) is 7.66. The van der Waals surface area contributed by atoms with Crippen molar-refractivity contribution in [2.75, 3.05) is 0 Å². The molecule has 0 fully saturated rings. The van der Waals surface area contributed by atoms with E-state index >= 15 is 0 Å². The van der Waals surface area contributed by atoms with Crippen LogP contribution in [0.1, 0.15) is 36.7 Å². The summed E-state index contributed by atoms with van der Waals surface area (Å²) in [6, 6.07) is 4.13. The lowest BCUT2D eigenvalue weighted by Gasteiger charge is -2.12. The Morgan fingerprint density at radius 1 is 1.42 bits per heavy atom. The van der Waals surface area contributed by atoms with E-state index in [1.165, 1.54) is 19.3 Å². The second-order valence-electron chi connectivity index (χ2n) is 3.41. The first-order valence-electron chi connectivity index (χ1n) is 4.59. The van der Waals surface area contributed by atoms with Crippen LogP contribution in [0, 0.1) is 6.92 Å². The molecule has 0 aliphatic heterocycles. The highest BCUT2D eigenvalue weighted by atomic mass is 16.3. The number of hydrogen-bond acceptors (Lipinski definition) is 1. The van der Waals surface area contributed by atoms with E-state index in [1.54, 1.807) is 0 Å². The van der Waals surface area contributed by atoms with E-state index in [-0.39, 0.29) is 0 Å². The highest BCUT2D eigenvalue weighted by Gasteiger charge is 2.13. The first-order valence-corrected chi connectivity index (χ1v) is 4.59. The van der Waals surface area contributed by atoms with Crippen molar-refractivity contribution in [3.63, 3.8) is 0 Å². The normalized spacial score (nSPS) is 22.9. The van der Waals surface area contributed by atoms with E-state index in [0.717, 1.165) is 11.5 Å². The van der Waals surface area contributed by atoms with Gasteiger partial charge in [0.05, 0.1) is 0 Å². The van der Waals surface area contributed by atoms with Gasteiger partial charge in [0.15, 0.2) is 0 Å². The average Bonchev–Trinajstić information content (AvgIpc) is 2.54. The van der Waals surface area contributed by atoms with E-state index < -0.39 is 0 Å². The molecule has 1 aromatic heterocycles. The molecule has 0 spiro atoms. The van der Waals surface area contributed by atoms with Crippen molar-refractivity contribution >= 4 is 0 Å². The van der Waals surface area contributed by atoms with E-state index in [4.69, 9.17) is 4.42 Å². The second-order valence-corrected chi connectivity index (χ2v) is 3.41.